The minimum atomic E-state index is -0.450. The molecule has 2 aromatic heterocycles. The minimum Gasteiger partial charge on any atom is -0.377 e. The van der Waals surface area contributed by atoms with Gasteiger partial charge in [-0.25, -0.2) is 4.98 Å². The van der Waals surface area contributed by atoms with Gasteiger partial charge in [-0.15, -0.1) is 11.3 Å². The van der Waals surface area contributed by atoms with Crippen molar-refractivity contribution in [2.45, 2.75) is 13.5 Å². The molecular weight excluding hydrogens is 338 g/mol. The molecule has 0 radical (unpaired) electrons. The van der Waals surface area contributed by atoms with Crippen molar-refractivity contribution >= 4 is 34.3 Å². The molecule has 2 heterocycles. The summed E-state index contributed by atoms with van der Waals surface area (Å²) >= 11 is 7.65. The summed E-state index contributed by atoms with van der Waals surface area (Å²) in [7, 11) is 0. The third-order valence-electron chi connectivity index (χ3n) is 3.20. The van der Waals surface area contributed by atoms with E-state index in [4.69, 9.17) is 11.6 Å². The van der Waals surface area contributed by atoms with Crippen LogP contribution in [0.25, 0.3) is 10.7 Å². The molecule has 0 amide bonds. The summed E-state index contributed by atoms with van der Waals surface area (Å²) in [5, 5.41) is 23.3. The molecule has 23 heavy (non-hydrogen) atoms. The number of nitrogens with one attached hydrogen (secondary N) is 2. The second kappa shape index (κ2) is 6.35. The van der Waals surface area contributed by atoms with Gasteiger partial charge in [0.1, 0.15) is 5.82 Å². The third kappa shape index (κ3) is 3.33. The average Bonchev–Trinajstić information content (AvgIpc) is 3.17. The lowest BCUT2D eigenvalue weighted by Crippen LogP contribution is -2.03. The second-order valence-corrected chi connectivity index (χ2v) is 6.17. The van der Waals surface area contributed by atoms with Gasteiger partial charge in [-0.1, -0.05) is 17.7 Å². The summed E-state index contributed by atoms with van der Waals surface area (Å²) < 4.78 is 0. The highest BCUT2D eigenvalue weighted by Crippen LogP contribution is 2.30. The summed E-state index contributed by atoms with van der Waals surface area (Å²) in [6.07, 6.45) is 0. The third-order valence-corrected chi connectivity index (χ3v) is 4.38. The summed E-state index contributed by atoms with van der Waals surface area (Å²) in [5.74, 6) is 1.29. The standard InChI is InChI=1S/C14H12ClN5O2S/c1-8-5-10(9(15)6-11(8)20(21)22)16-7-13-17-14(19-18-13)12-3-2-4-23-12/h2-6,16H,7H2,1H3,(H,17,18,19). The van der Waals surface area contributed by atoms with E-state index in [-0.39, 0.29) is 5.69 Å². The first-order valence-corrected chi connectivity index (χ1v) is 7.94. The lowest BCUT2D eigenvalue weighted by Gasteiger charge is -2.08. The monoisotopic (exact) mass is 349 g/mol. The van der Waals surface area contributed by atoms with Crippen LogP contribution in [0.4, 0.5) is 11.4 Å². The number of H-pyrrole nitrogens is 1. The molecule has 0 fully saturated rings. The molecular formula is C14H12ClN5O2S. The van der Waals surface area contributed by atoms with Crippen molar-refractivity contribution in [3.8, 4) is 10.7 Å². The summed E-state index contributed by atoms with van der Waals surface area (Å²) in [6.45, 7) is 2.05. The molecule has 3 rings (SSSR count). The van der Waals surface area contributed by atoms with E-state index in [2.05, 4.69) is 20.5 Å². The van der Waals surface area contributed by atoms with E-state index < -0.39 is 4.92 Å². The maximum absolute atomic E-state index is 10.9. The number of thiophene rings is 1. The predicted octanol–water partition coefficient (Wildman–Crippen LogP) is 4.02. The van der Waals surface area contributed by atoms with Crippen LogP contribution >= 0.6 is 22.9 Å². The highest BCUT2D eigenvalue weighted by atomic mass is 35.5. The van der Waals surface area contributed by atoms with Crippen molar-refractivity contribution in [3.63, 3.8) is 0 Å². The van der Waals surface area contributed by atoms with Gasteiger partial charge in [-0.3, -0.25) is 15.2 Å². The molecule has 0 saturated carbocycles. The SMILES string of the molecule is Cc1cc(NCc2nc(-c3cccs3)n[nH]2)c(Cl)cc1[N+](=O)[O-]. The van der Waals surface area contributed by atoms with Gasteiger partial charge in [-0.2, -0.15) is 5.10 Å². The molecule has 3 aromatic rings. The van der Waals surface area contributed by atoms with Crippen LogP contribution < -0.4 is 5.32 Å². The number of anilines is 1. The fraction of sp³-hybridized carbons (Fsp3) is 0.143. The van der Waals surface area contributed by atoms with Gasteiger partial charge in [0.15, 0.2) is 5.82 Å². The van der Waals surface area contributed by atoms with E-state index in [0.717, 1.165) is 4.88 Å². The van der Waals surface area contributed by atoms with E-state index in [1.54, 1.807) is 24.3 Å². The first-order chi connectivity index (χ1) is 11.0. The molecule has 0 aliphatic carbocycles. The fourth-order valence-electron chi connectivity index (χ4n) is 2.07. The van der Waals surface area contributed by atoms with Crippen LogP contribution in [-0.2, 0) is 6.54 Å². The summed E-state index contributed by atoms with van der Waals surface area (Å²) in [4.78, 5) is 15.8. The molecule has 0 bridgehead atoms. The van der Waals surface area contributed by atoms with Crippen molar-refractivity contribution < 1.29 is 4.92 Å². The topological polar surface area (TPSA) is 96.7 Å². The first-order valence-electron chi connectivity index (χ1n) is 6.68. The van der Waals surface area contributed by atoms with Gasteiger partial charge in [-0.05, 0) is 24.4 Å². The molecule has 0 aliphatic rings. The Kier molecular flexibility index (Phi) is 4.26. The Morgan fingerprint density at radius 3 is 3.00 bits per heavy atom. The van der Waals surface area contributed by atoms with Crippen molar-refractivity contribution in [1.29, 1.82) is 0 Å². The highest BCUT2D eigenvalue weighted by Gasteiger charge is 2.14. The van der Waals surface area contributed by atoms with Crippen LogP contribution in [0.3, 0.4) is 0 Å². The molecule has 2 N–H and O–H groups in total. The molecule has 7 nitrogen and oxygen atoms in total. The van der Waals surface area contributed by atoms with E-state index in [1.807, 2.05) is 17.5 Å². The van der Waals surface area contributed by atoms with Crippen LogP contribution in [-0.4, -0.2) is 20.1 Å². The number of aromatic amines is 1. The number of aromatic nitrogens is 3. The lowest BCUT2D eigenvalue weighted by atomic mass is 10.2. The zero-order valence-corrected chi connectivity index (χ0v) is 13.6. The maximum atomic E-state index is 10.9. The predicted molar refractivity (Wildman–Crippen MR) is 89.9 cm³/mol. The molecule has 0 spiro atoms. The van der Waals surface area contributed by atoms with Gasteiger partial charge in [0.25, 0.3) is 5.69 Å². The van der Waals surface area contributed by atoms with Crippen LogP contribution in [0.15, 0.2) is 29.6 Å². The fourth-order valence-corrected chi connectivity index (χ4v) is 2.95. The number of hydrogen-bond acceptors (Lipinski definition) is 6. The number of rotatable bonds is 5. The van der Waals surface area contributed by atoms with E-state index in [9.17, 15) is 10.1 Å². The normalized spacial score (nSPS) is 10.7. The maximum Gasteiger partial charge on any atom is 0.273 e. The second-order valence-electron chi connectivity index (χ2n) is 4.81. The van der Waals surface area contributed by atoms with Crippen molar-refractivity contribution in [3.05, 3.63) is 56.2 Å². The lowest BCUT2D eigenvalue weighted by molar-refractivity contribution is -0.385. The smallest absolute Gasteiger partial charge is 0.273 e. The van der Waals surface area contributed by atoms with Gasteiger partial charge >= 0.3 is 0 Å². The molecule has 0 unspecified atom stereocenters. The first kappa shape index (κ1) is 15.4. The zero-order valence-electron chi connectivity index (χ0n) is 12.0. The van der Waals surface area contributed by atoms with Crippen LogP contribution in [0.1, 0.15) is 11.4 Å². The molecule has 0 atom stereocenters. The van der Waals surface area contributed by atoms with Gasteiger partial charge in [0.05, 0.1) is 27.1 Å². The molecule has 9 heteroatoms. The van der Waals surface area contributed by atoms with Crippen molar-refractivity contribution in [1.82, 2.24) is 15.2 Å². The Balaban J connectivity index is 1.74. The summed E-state index contributed by atoms with van der Waals surface area (Å²) in [5.41, 5.74) is 1.16. The Hall–Kier alpha value is -2.45. The van der Waals surface area contributed by atoms with Crippen LogP contribution in [0, 0.1) is 17.0 Å². The van der Waals surface area contributed by atoms with Gasteiger partial charge in [0.2, 0.25) is 0 Å². The number of nitro benzene ring substituents is 1. The summed E-state index contributed by atoms with van der Waals surface area (Å²) in [6, 6.07) is 6.88. The average molecular weight is 350 g/mol. The molecule has 1 aromatic carbocycles. The van der Waals surface area contributed by atoms with E-state index >= 15 is 0 Å². The van der Waals surface area contributed by atoms with Crippen LogP contribution in [0.5, 0.6) is 0 Å². The molecule has 0 saturated heterocycles. The van der Waals surface area contributed by atoms with Gasteiger partial charge < -0.3 is 5.32 Å². The van der Waals surface area contributed by atoms with E-state index in [1.165, 1.54) is 6.07 Å². The van der Waals surface area contributed by atoms with Crippen molar-refractivity contribution in [2.24, 2.45) is 0 Å². The Bertz CT molecular complexity index is 847. The number of halogens is 1. The largest absolute Gasteiger partial charge is 0.377 e. The van der Waals surface area contributed by atoms with E-state index in [0.29, 0.717) is 34.5 Å². The number of nitrogens with zero attached hydrogens (tertiary/aromatic N) is 3. The Morgan fingerprint density at radius 1 is 1.48 bits per heavy atom. The molecule has 0 aliphatic heterocycles. The number of hydrogen-bond donors (Lipinski definition) is 2. The highest BCUT2D eigenvalue weighted by molar-refractivity contribution is 7.13. The number of benzene rings is 1. The van der Waals surface area contributed by atoms with Gasteiger partial charge in [0, 0.05) is 11.6 Å². The molecule has 118 valence electrons. The van der Waals surface area contributed by atoms with Crippen molar-refractivity contribution in [2.75, 3.05) is 5.32 Å². The Labute approximate surface area is 140 Å². The zero-order chi connectivity index (χ0) is 16.4. The number of nitro groups is 1. The minimum absolute atomic E-state index is 0.000182. The number of aryl methyl sites for hydroxylation is 1. The van der Waals surface area contributed by atoms with Crippen LogP contribution in [0.2, 0.25) is 5.02 Å². The quantitative estimate of drug-likeness (QED) is 0.535. The Morgan fingerprint density at radius 2 is 2.30 bits per heavy atom.